The van der Waals surface area contributed by atoms with Crippen LogP contribution in [0.3, 0.4) is 0 Å². The predicted molar refractivity (Wildman–Crippen MR) is 84.8 cm³/mol. The third-order valence-corrected chi connectivity index (χ3v) is 5.48. The van der Waals surface area contributed by atoms with E-state index in [0.29, 0.717) is 5.92 Å². The monoisotopic (exact) mass is 296 g/mol. The van der Waals surface area contributed by atoms with Crippen LogP contribution in [0.5, 0.6) is 0 Å². The Labute approximate surface area is 127 Å². The molecule has 0 bridgehead atoms. The van der Waals surface area contributed by atoms with Gasteiger partial charge in [-0.2, -0.15) is 0 Å². The van der Waals surface area contributed by atoms with Crippen LogP contribution in [0, 0.1) is 30.0 Å². The van der Waals surface area contributed by atoms with Crippen LogP contribution < -0.4 is 0 Å². The van der Waals surface area contributed by atoms with Crippen molar-refractivity contribution < 1.29 is 4.39 Å². The molecule has 1 fully saturated rings. The van der Waals surface area contributed by atoms with E-state index in [1.165, 1.54) is 18.4 Å². The zero-order valence-corrected chi connectivity index (χ0v) is 13.8. The Hall–Kier alpha value is -0.560. The molecule has 1 aromatic carbocycles. The molecule has 1 saturated carbocycles. The van der Waals surface area contributed by atoms with Gasteiger partial charge >= 0.3 is 0 Å². The van der Waals surface area contributed by atoms with Crippen molar-refractivity contribution in [3.8, 4) is 0 Å². The lowest BCUT2D eigenvalue weighted by Crippen LogP contribution is -2.37. The van der Waals surface area contributed by atoms with E-state index in [-0.39, 0.29) is 16.6 Å². The van der Waals surface area contributed by atoms with Crippen LogP contribution in [0.25, 0.3) is 0 Å². The van der Waals surface area contributed by atoms with Crippen LogP contribution in [0.15, 0.2) is 18.2 Å². The van der Waals surface area contributed by atoms with Crippen LogP contribution in [0.1, 0.15) is 51.2 Å². The number of benzene rings is 1. The predicted octanol–water partition coefficient (Wildman–Crippen LogP) is 5.75. The summed E-state index contributed by atoms with van der Waals surface area (Å²) in [5, 5.41) is 0.252. The van der Waals surface area contributed by atoms with Gasteiger partial charge in [-0.25, -0.2) is 4.39 Å². The maximum atomic E-state index is 13.5. The number of aryl methyl sites for hydroxylation is 1. The first-order chi connectivity index (χ1) is 9.29. The SMILES string of the molecule is Cc1ccc(F)cc1CC(C)(C)C1CCC(C)CC1Cl. The molecule has 0 spiro atoms. The van der Waals surface area contributed by atoms with Gasteiger partial charge in [0, 0.05) is 5.38 Å². The Morgan fingerprint density at radius 2 is 2.00 bits per heavy atom. The number of hydrogen-bond donors (Lipinski definition) is 0. The van der Waals surface area contributed by atoms with E-state index in [0.717, 1.165) is 24.3 Å². The van der Waals surface area contributed by atoms with Gasteiger partial charge in [-0.15, -0.1) is 11.6 Å². The third kappa shape index (κ3) is 3.55. The standard InChI is InChI=1S/C18H26ClF/c1-12-5-8-16(17(19)9-12)18(3,4)11-14-10-15(20)7-6-13(14)2/h6-7,10,12,16-17H,5,8-9,11H2,1-4H3. The smallest absolute Gasteiger partial charge is 0.123 e. The van der Waals surface area contributed by atoms with E-state index >= 15 is 0 Å². The Morgan fingerprint density at radius 1 is 1.30 bits per heavy atom. The second-order valence-electron chi connectivity index (χ2n) is 7.28. The highest BCUT2D eigenvalue weighted by Crippen LogP contribution is 2.44. The van der Waals surface area contributed by atoms with Crippen molar-refractivity contribution in [3.05, 3.63) is 35.1 Å². The minimum absolute atomic E-state index is 0.116. The largest absolute Gasteiger partial charge is 0.207 e. The lowest BCUT2D eigenvalue weighted by molar-refractivity contribution is 0.141. The molecule has 0 amide bonds. The van der Waals surface area contributed by atoms with Crippen molar-refractivity contribution in [1.82, 2.24) is 0 Å². The Balaban J connectivity index is 2.16. The van der Waals surface area contributed by atoms with Crippen LogP contribution in [-0.2, 0) is 6.42 Å². The highest BCUT2D eigenvalue weighted by Gasteiger charge is 2.38. The first kappa shape index (κ1) is 15.8. The lowest BCUT2D eigenvalue weighted by Gasteiger charge is -2.42. The van der Waals surface area contributed by atoms with Crippen molar-refractivity contribution in [3.63, 3.8) is 0 Å². The minimum atomic E-state index is -0.138. The number of halogens is 2. The molecule has 0 radical (unpaired) electrons. The quantitative estimate of drug-likeness (QED) is 0.623. The molecule has 0 N–H and O–H groups in total. The van der Waals surface area contributed by atoms with Crippen molar-refractivity contribution in [1.29, 1.82) is 0 Å². The van der Waals surface area contributed by atoms with Crippen molar-refractivity contribution in [2.75, 3.05) is 0 Å². The van der Waals surface area contributed by atoms with Gasteiger partial charge in [-0.05, 0) is 66.7 Å². The minimum Gasteiger partial charge on any atom is -0.207 e. The van der Waals surface area contributed by atoms with E-state index in [1.807, 2.05) is 6.07 Å². The zero-order chi connectivity index (χ0) is 14.9. The molecule has 0 heterocycles. The van der Waals surface area contributed by atoms with E-state index in [9.17, 15) is 4.39 Å². The van der Waals surface area contributed by atoms with E-state index in [2.05, 4.69) is 27.7 Å². The second-order valence-corrected chi connectivity index (χ2v) is 7.84. The average molecular weight is 297 g/mol. The highest BCUT2D eigenvalue weighted by molar-refractivity contribution is 6.20. The highest BCUT2D eigenvalue weighted by atomic mass is 35.5. The fraction of sp³-hybridized carbons (Fsp3) is 0.667. The molecule has 0 saturated heterocycles. The maximum absolute atomic E-state index is 13.5. The van der Waals surface area contributed by atoms with E-state index < -0.39 is 0 Å². The van der Waals surface area contributed by atoms with Gasteiger partial charge in [0.2, 0.25) is 0 Å². The Morgan fingerprint density at radius 3 is 2.65 bits per heavy atom. The third-order valence-electron chi connectivity index (χ3n) is 5.00. The van der Waals surface area contributed by atoms with Crippen molar-refractivity contribution in [2.24, 2.45) is 17.3 Å². The normalized spacial score (nSPS) is 27.6. The molecule has 0 aromatic heterocycles. The molecule has 1 aromatic rings. The van der Waals surface area contributed by atoms with E-state index in [4.69, 9.17) is 11.6 Å². The molecule has 112 valence electrons. The molecule has 0 aliphatic heterocycles. The molecular weight excluding hydrogens is 271 g/mol. The van der Waals surface area contributed by atoms with Crippen LogP contribution >= 0.6 is 11.6 Å². The summed E-state index contributed by atoms with van der Waals surface area (Å²) in [6.45, 7) is 8.92. The molecule has 1 aliphatic rings. The number of rotatable bonds is 3. The summed E-state index contributed by atoms with van der Waals surface area (Å²) in [6.07, 6.45) is 4.47. The molecule has 3 atom stereocenters. The fourth-order valence-electron chi connectivity index (χ4n) is 3.64. The van der Waals surface area contributed by atoms with Gasteiger partial charge in [0.05, 0.1) is 0 Å². The van der Waals surface area contributed by atoms with Crippen molar-refractivity contribution >= 4 is 11.6 Å². The first-order valence-corrected chi connectivity index (χ1v) is 8.12. The van der Waals surface area contributed by atoms with Gasteiger partial charge in [0.1, 0.15) is 5.82 Å². The van der Waals surface area contributed by atoms with Crippen molar-refractivity contribution in [2.45, 2.75) is 58.8 Å². The van der Waals surface area contributed by atoms with Crippen LogP contribution in [0.4, 0.5) is 4.39 Å². The van der Waals surface area contributed by atoms with E-state index in [1.54, 1.807) is 12.1 Å². The topological polar surface area (TPSA) is 0 Å². The van der Waals surface area contributed by atoms with Crippen LogP contribution in [-0.4, -0.2) is 5.38 Å². The molecular formula is C18H26ClF. The molecule has 1 aliphatic carbocycles. The lowest BCUT2D eigenvalue weighted by atomic mass is 9.66. The molecule has 20 heavy (non-hydrogen) atoms. The summed E-state index contributed by atoms with van der Waals surface area (Å²) in [7, 11) is 0. The van der Waals surface area contributed by atoms with Gasteiger partial charge in [-0.1, -0.05) is 33.3 Å². The molecule has 3 unspecified atom stereocenters. The number of hydrogen-bond acceptors (Lipinski definition) is 0. The molecule has 0 nitrogen and oxygen atoms in total. The first-order valence-electron chi connectivity index (χ1n) is 7.68. The average Bonchev–Trinajstić information content (AvgIpc) is 2.33. The zero-order valence-electron chi connectivity index (χ0n) is 13.0. The number of alkyl halides is 1. The summed E-state index contributed by atoms with van der Waals surface area (Å²) < 4.78 is 13.5. The van der Waals surface area contributed by atoms with Gasteiger partial charge < -0.3 is 0 Å². The maximum Gasteiger partial charge on any atom is 0.123 e. The molecule has 2 heteroatoms. The fourth-order valence-corrected chi connectivity index (χ4v) is 4.42. The Bertz CT molecular complexity index is 466. The summed E-state index contributed by atoms with van der Waals surface area (Å²) >= 11 is 6.63. The summed E-state index contributed by atoms with van der Waals surface area (Å²) in [4.78, 5) is 0. The van der Waals surface area contributed by atoms with Gasteiger partial charge in [0.15, 0.2) is 0 Å². The molecule has 2 rings (SSSR count). The van der Waals surface area contributed by atoms with Crippen LogP contribution in [0.2, 0.25) is 0 Å². The Kier molecular flexibility index (Phi) is 4.79. The summed E-state index contributed by atoms with van der Waals surface area (Å²) in [6, 6.07) is 5.10. The van der Waals surface area contributed by atoms with Gasteiger partial charge in [-0.3, -0.25) is 0 Å². The summed E-state index contributed by atoms with van der Waals surface area (Å²) in [5.41, 5.74) is 2.41. The van der Waals surface area contributed by atoms with Gasteiger partial charge in [0.25, 0.3) is 0 Å². The second kappa shape index (κ2) is 6.05. The summed E-state index contributed by atoms with van der Waals surface area (Å²) in [5.74, 6) is 1.12.